The van der Waals surface area contributed by atoms with Gasteiger partial charge in [0.05, 0.1) is 23.3 Å². The molecule has 0 unspecified atom stereocenters. The largest absolute Gasteiger partial charge is 0.425 e. The van der Waals surface area contributed by atoms with Crippen molar-refractivity contribution in [1.82, 2.24) is 0 Å². The molecule has 1 fully saturated rings. The van der Waals surface area contributed by atoms with Gasteiger partial charge in [0.15, 0.2) is 0 Å². The van der Waals surface area contributed by atoms with Crippen molar-refractivity contribution in [2.45, 2.75) is 38.5 Å². The summed E-state index contributed by atoms with van der Waals surface area (Å²) in [5.74, 6) is -3.73. The molecule has 2 aliphatic heterocycles. The molecule has 0 saturated carbocycles. The number of hydrogen-bond acceptors (Lipinski definition) is 6. The second kappa shape index (κ2) is 8.50. The van der Waals surface area contributed by atoms with Crippen molar-refractivity contribution < 1.29 is 19.1 Å². The van der Waals surface area contributed by atoms with Gasteiger partial charge in [-0.3, -0.25) is 14.4 Å². The number of nitriles is 1. The van der Waals surface area contributed by atoms with E-state index in [4.69, 9.17) is 4.74 Å². The molecule has 0 radical (unpaired) electrons. The van der Waals surface area contributed by atoms with E-state index < -0.39 is 35.5 Å². The number of aryl methyl sites for hydroxylation is 2. The Morgan fingerprint density at radius 2 is 1.76 bits per heavy atom. The van der Waals surface area contributed by atoms with Gasteiger partial charge in [0.25, 0.3) is 0 Å². The maximum absolute atomic E-state index is 14.2. The van der Waals surface area contributed by atoms with Crippen LogP contribution in [-0.4, -0.2) is 17.8 Å². The van der Waals surface area contributed by atoms with Gasteiger partial charge in [0.1, 0.15) is 16.8 Å². The van der Waals surface area contributed by atoms with Crippen molar-refractivity contribution >= 4 is 39.7 Å². The molecule has 1 aromatic heterocycles. The second-order valence-electron chi connectivity index (χ2n) is 10.5. The van der Waals surface area contributed by atoms with E-state index in [0.29, 0.717) is 16.3 Å². The molecule has 7 heteroatoms. The van der Waals surface area contributed by atoms with E-state index in [2.05, 4.69) is 6.07 Å². The van der Waals surface area contributed by atoms with E-state index in [1.807, 2.05) is 61.5 Å². The Bertz CT molecular complexity index is 1610. The predicted octanol–water partition coefficient (Wildman–Crippen LogP) is 5.33. The highest BCUT2D eigenvalue weighted by Crippen LogP contribution is 2.55. The Balaban J connectivity index is 1.42. The van der Waals surface area contributed by atoms with E-state index in [9.17, 15) is 19.6 Å². The van der Waals surface area contributed by atoms with Gasteiger partial charge in [0.2, 0.25) is 11.8 Å². The number of benzene rings is 2. The van der Waals surface area contributed by atoms with Crippen molar-refractivity contribution in [3.63, 3.8) is 0 Å². The van der Waals surface area contributed by atoms with Gasteiger partial charge in [-0.1, -0.05) is 48.5 Å². The van der Waals surface area contributed by atoms with Crippen LogP contribution in [0.25, 0.3) is 5.57 Å². The van der Waals surface area contributed by atoms with Crippen LogP contribution in [0, 0.1) is 36.0 Å². The summed E-state index contributed by atoms with van der Waals surface area (Å²) in [5.41, 5.74) is 4.79. The van der Waals surface area contributed by atoms with Crippen LogP contribution in [0.3, 0.4) is 0 Å². The van der Waals surface area contributed by atoms with Crippen LogP contribution in [0.5, 0.6) is 5.75 Å². The number of nitrogens with zero attached hydrogens (tertiary/aromatic N) is 2. The minimum atomic E-state index is -0.902. The molecule has 0 N–H and O–H groups in total. The van der Waals surface area contributed by atoms with E-state index in [1.54, 1.807) is 0 Å². The Hall–Kier alpha value is -4.02. The normalized spacial score (nSPS) is 25.5. The first kappa shape index (κ1) is 23.1. The Kier molecular flexibility index (Phi) is 5.17. The van der Waals surface area contributed by atoms with Gasteiger partial charge in [-0.2, -0.15) is 5.26 Å². The molecule has 3 heterocycles. The number of amides is 2. The first-order valence-electron chi connectivity index (χ1n) is 13.0. The van der Waals surface area contributed by atoms with E-state index in [-0.39, 0.29) is 5.91 Å². The highest BCUT2D eigenvalue weighted by Gasteiger charge is 2.61. The number of carbonyl (C=O) groups is 3. The van der Waals surface area contributed by atoms with E-state index in [1.165, 1.54) is 16.2 Å². The summed E-state index contributed by atoms with van der Waals surface area (Å²) in [6.45, 7) is 1.93. The number of hydrogen-bond donors (Lipinski definition) is 0. The fourth-order valence-electron chi connectivity index (χ4n) is 6.69. The molecule has 188 valence electrons. The SMILES string of the molecule is Cc1ccc2c(c1)OC(=O)[C@@H]1C2=C[C@H](c2ccccc2)[C@H]2C(=O)N(c3sc4c(c3C#N)CCCC4)C(=O)[C@H]12. The summed E-state index contributed by atoms with van der Waals surface area (Å²) in [5, 5.41) is 10.5. The van der Waals surface area contributed by atoms with Crippen molar-refractivity contribution in [3.8, 4) is 11.8 Å². The summed E-state index contributed by atoms with van der Waals surface area (Å²) >= 11 is 1.38. The van der Waals surface area contributed by atoms with E-state index in [0.717, 1.165) is 58.4 Å². The third-order valence-electron chi connectivity index (χ3n) is 8.40. The predicted molar refractivity (Wildman–Crippen MR) is 143 cm³/mol. The highest BCUT2D eigenvalue weighted by atomic mass is 32.1. The van der Waals surface area contributed by atoms with Gasteiger partial charge in [-0.15, -0.1) is 11.3 Å². The van der Waals surface area contributed by atoms with Crippen LogP contribution < -0.4 is 9.64 Å². The summed E-state index contributed by atoms with van der Waals surface area (Å²) in [6, 6.07) is 17.7. The molecule has 3 aromatic rings. The first-order chi connectivity index (χ1) is 18.5. The lowest BCUT2D eigenvalue weighted by molar-refractivity contribution is -0.142. The molecule has 38 heavy (non-hydrogen) atoms. The zero-order chi connectivity index (χ0) is 26.1. The van der Waals surface area contributed by atoms with Crippen LogP contribution in [0.15, 0.2) is 54.6 Å². The van der Waals surface area contributed by atoms with Gasteiger partial charge in [-0.05, 0) is 60.9 Å². The molecular formula is C31H24N2O4S. The molecule has 4 atom stereocenters. The number of thiophene rings is 1. The number of allylic oxidation sites excluding steroid dienone is 1. The lowest BCUT2D eigenvalue weighted by atomic mass is 9.64. The minimum Gasteiger partial charge on any atom is -0.425 e. The molecule has 4 aliphatic rings. The summed E-state index contributed by atoms with van der Waals surface area (Å²) < 4.78 is 5.76. The Morgan fingerprint density at radius 1 is 1.00 bits per heavy atom. The highest BCUT2D eigenvalue weighted by molar-refractivity contribution is 7.17. The standard InChI is InChI=1S/C31H24N2O4S/c1-16-11-12-18-21-14-20(17-7-3-2-4-8-17)25-27(26(21)31(36)37-23(18)13-16)29(35)33(28(25)34)30-22(15-32)19-9-5-6-10-24(19)38-30/h2-4,7-8,11-14,20,25-27H,5-6,9-10H2,1H3/t20-,25-,26-,27+/m1/s1. The quantitative estimate of drug-likeness (QED) is 0.259. The van der Waals surface area contributed by atoms with Crippen LogP contribution in [0.1, 0.15) is 51.5 Å². The first-order valence-corrected chi connectivity index (χ1v) is 13.8. The zero-order valence-electron chi connectivity index (χ0n) is 20.8. The molecule has 0 bridgehead atoms. The fraction of sp³-hybridized carbons (Fsp3) is 0.290. The topological polar surface area (TPSA) is 87.5 Å². The van der Waals surface area contributed by atoms with E-state index >= 15 is 0 Å². The molecule has 2 aliphatic carbocycles. The number of fused-ring (bicyclic) bond motifs is 6. The molecular weight excluding hydrogens is 496 g/mol. The number of imide groups is 1. The second-order valence-corrected chi connectivity index (χ2v) is 11.6. The smallest absolute Gasteiger partial charge is 0.319 e. The third-order valence-corrected chi connectivity index (χ3v) is 9.68. The van der Waals surface area contributed by atoms with Crippen LogP contribution in [-0.2, 0) is 27.2 Å². The van der Waals surface area contributed by atoms with Crippen molar-refractivity contribution in [1.29, 1.82) is 5.26 Å². The number of carbonyl (C=O) groups excluding carboxylic acids is 3. The number of esters is 1. The molecule has 0 spiro atoms. The monoisotopic (exact) mass is 520 g/mol. The van der Waals surface area contributed by atoms with Crippen molar-refractivity contribution in [2.75, 3.05) is 4.90 Å². The molecule has 6 nitrogen and oxygen atoms in total. The fourth-order valence-corrected chi connectivity index (χ4v) is 8.04. The maximum Gasteiger partial charge on any atom is 0.319 e. The summed E-state index contributed by atoms with van der Waals surface area (Å²) in [4.78, 5) is 44.2. The van der Waals surface area contributed by atoms with Crippen molar-refractivity contribution in [3.05, 3.63) is 87.3 Å². The molecule has 7 rings (SSSR count). The molecule has 2 amide bonds. The minimum absolute atomic E-state index is 0.346. The lowest BCUT2D eigenvalue weighted by Crippen LogP contribution is -2.42. The third kappa shape index (κ3) is 3.20. The van der Waals surface area contributed by atoms with Crippen LogP contribution in [0.4, 0.5) is 5.00 Å². The van der Waals surface area contributed by atoms with Crippen LogP contribution in [0.2, 0.25) is 0 Å². The van der Waals surface area contributed by atoms with Gasteiger partial charge in [-0.25, -0.2) is 4.90 Å². The Labute approximate surface area is 224 Å². The summed E-state index contributed by atoms with van der Waals surface area (Å²) in [6.07, 6.45) is 5.64. The molecule has 1 saturated heterocycles. The number of anilines is 1. The van der Waals surface area contributed by atoms with Crippen LogP contribution >= 0.6 is 11.3 Å². The van der Waals surface area contributed by atoms with Gasteiger partial charge >= 0.3 is 5.97 Å². The summed E-state index contributed by atoms with van der Waals surface area (Å²) in [7, 11) is 0. The number of rotatable bonds is 2. The average Bonchev–Trinajstić information content (AvgIpc) is 3.42. The maximum atomic E-state index is 14.2. The number of ether oxygens (including phenoxy) is 1. The zero-order valence-corrected chi connectivity index (χ0v) is 21.6. The van der Waals surface area contributed by atoms with Gasteiger partial charge in [0, 0.05) is 16.4 Å². The van der Waals surface area contributed by atoms with Crippen molar-refractivity contribution in [2.24, 2.45) is 17.8 Å². The molecule has 2 aromatic carbocycles. The van der Waals surface area contributed by atoms with Gasteiger partial charge < -0.3 is 4.74 Å². The Morgan fingerprint density at radius 3 is 2.55 bits per heavy atom. The lowest BCUT2D eigenvalue weighted by Gasteiger charge is -2.38. The average molecular weight is 521 g/mol.